The second-order valence-electron chi connectivity index (χ2n) is 3.04. The molecule has 1 aromatic rings. The Hall–Kier alpha value is -2.36. The maximum atomic E-state index is 12.3. The van der Waals surface area contributed by atoms with E-state index in [4.69, 9.17) is 10.00 Å². The van der Waals surface area contributed by atoms with Gasteiger partial charge in [0.05, 0.1) is 25.9 Å². The predicted octanol–water partition coefficient (Wildman–Crippen LogP) is 1.95. The van der Waals surface area contributed by atoms with Crippen LogP contribution in [0.3, 0.4) is 0 Å². The van der Waals surface area contributed by atoms with Gasteiger partial charge in [-0.05, 0) is 6.07 Å². The Labute approximate surface area is 101 Å². The summed E-state index contributed by atoms with van der Waals surface area (Å²) in [6, 6.07) is 4.04. The average Bonchev–Trinajstić information content (AvgIpc) is 2.37. The largest absolute Gasteiger partial charge is 0.493 e. The summed E-state index contributed by atoms with van der Waals surface area (Å²) >= 11 is 0. The number of halogens is 2. The first-order valence-electron chi connectivity index (χ1n) is 4.68. The van der Waals surface area contributed by atoms with Crippen molar-refractivity contribution in [3.8, 4) is 17.6 Å². The lowest BCUT2D eigenvalue weighted by Gasteiger charge is -2.13. The van der Waals surface area contributed by atoms with E-state index in [9.17, 15) is 13.6 Å². The lowest BCUT2D eigenvalue weighted by Crippen LogP contribution is -2.11. The van der Waals surface area contributed by atoms with Gasteiger partial charge in [0.15, 0.2) is 11.5 Å². The van der Waals surface area contributed by atoms with Gasteiger partial charge in [0.2, 0.25) is 0 Å². The number of hydrogen-bond acceptors (Lipinski definition) is 5. The molecule has 0 saturated heterocycles. The van der Waals surface area contributed by atoms with Gasteiger partial charge in [0.25, 0.3) is 0 Å². The van der Waals surface area contributed by atoms with Crippen molar-refractivity contribution >= 4 is 5.97 Å². The Morgan fingerprint density at radius 3 is 2.50 bits per heavy atom. The van der Waals surface area contributed by atoms with E-state index in [1.165, 1.54) is 13.2 Å². The molecule has 0 amide bonds. The molecule has 7 heteroatoms. The van der Waals surface area contributed by atoms with Crippen LogP contribution in [0.5, 0.6) is 11.5 Å². The van der Waals surface area contributed by atoms with E-state index in [-0.39, 0.29) is 16.9 Å². The quantitative estimate of drug-likeness (QED) is 0.771. The van der Waals surface area contributed by atoms with Crippen LogP contribution in [0.25, 0.3) is 0 Å². The van der Waals surface area contributed by atoms with Crippen molar-refractivity contribution in [1.82, 2.24) is 0 Å². The molecule has 0 spiro atoms. The molecular formula is C11H9F2NO4. The van der Waals surface area contributed by atoms with E-state index in [0.717, 1.165) is 13.2 Å². The lowest BCUT2D eigenvalue weighted by molar-refractivity contribution is -0.0517. The highest BCUT2D eigenvalue weighted by Gasteiger charge is 2.22. The number of carbonyl (C=O) groups is 1. The Morgan fingerprint density at radius 1 is 1.39 bits per heavy atom. The lowest BCUT2D eigenvalue weighted by atomic mass is 10.1. The fourth-order valence-electron chi connectivity index (χ4n) is 1.29. The first-order chi connectivity index (χ1) is 8.53. The highest BCUT2D eigenvalue weighted by Crippen LogP contribution is 2.34. The van der Waals surface area contributed by atoms with Crippen LogP contribution in [0.1, 0.15) is 15.9 Å². The van der Waals surface area contributed by atoms with E-state index < -0.39 is 18.3 Å². The van der Waals surface area contributed by atoms with Gasteiger partial charge in [0, 0.05) is 6.07 Å². The van der Waals surface area contributed by atoms with E-state index in [0.29, 0.717) is 0 Å². The van der Waals surface area contributed by atoms with Gasteiger partial charge in [0.1, 0.15) is 5.56 Å². The van der Waals surface area contributed by atoms with Crippen molar-refractivity contribution in [2.75, 3.05) is 14.2 Å². The number of hydrogen-bond donors (Lipinski definition) is 0. The van der Waals surface area contributed by atoms with Crippen LogP contribution in [0, 0.1) is 11.3 Å². The Balaban J connectivity index is 3.42. The van der Waals surface area contributed by atoms with Crippen molar-refractivity contribution in [1.29, 1.82) is 5.26 Å². The number of methoxy groups -OCH3 is 2. The van der Waals surface area contributed by atoms with Crippen molar-refractivity contribution in [2.45, 2.75) is 6.61 Å². The van der Waals surface area contributed by atoms with Crippen LogP contribution in [0.2, 0.25) is 0 Å². The molecular weight excluding hydrogens is 248 g/mol. The number of nitriles is 1. The minimum Gasteiger partial charge on any atom is -0.493 e. The summed E-state index contributed by atoms with van der Waals surface area (Å²) in [4.78, 5) is 11.4. The first kappa shape index (κ1) is 13.7. The van der Waals surface area contributed by atoms with E-state index in [2.05, 4.69) is 9.47 Å². The van der Waals surface area contributed by atoms with Gasteiger partial charge in [-0.1, -0.05) is 0 Å². The molecule has 0 aliphatic rings. The molecule has 96 valence electrons. The smallest absolute Gasteiger partial charge is 0.387 e. The number of benzene rings is 1. The van der Waals surface area contributed by atoms with E-state index >= 15 is 0 Å². The Kier molecular flexibility index (Phi) is 4.43. The van der Waals surface area contributed by atoms with Crippen LogP contribution in [-0.4, -0.2) is 26.8 Å². The second kappa shape index (κ2) is 5.82. The van der Waals surface area contributed by atoms with E-state index in [1.807, 2.05) is 0 Å². The third-order valence-electron chi connectivity index (χ3n) is 2.02. The van der Waals surface area contributed by atoms with Gasteiger partial charge >= 0.3 is 12.6 Å². The van der Waals surface area contributed by atoms with Gasteiger partial charge in [-0.25, -0.2) is 4.79 Å². The summed E-state index contributed by atoms with van der Waals surface area (Å²) in [5.41, 5.74) is -0.234. The van der Waals surface area contributed by atoms with Crippen LogP contribution < -0.4 is 9.47 Å². The number of ether oxygens (including phenoxy) is 3. The standard InChI is InChI=1S/C11H9F2NO4/c1-16-8-4-6(5-14)3-7(10(15)17-2)9(8)18-11(12)13/h3-4,11H,1-2H3. The molecule has 0 unspecified atom stereocenters. The SMILES string of the molecule is COC(=O)c1cc(C#N)cc(OC)c1OC(F)F. The molecule has 0 atom stereocenters. The maximum absolute atomic E-state index is 12.3. The molecule has 0 saturated carbocycles. The zero-order valence-electron chi connectivity index (χ0n) is 9.57. The minimum atomic E-state index is -3.13. The summed E-state index contributed by atoms with van der Waals surface area (Å²) in [6.07, 6.45) is 0. The molecule has 0 bridgehead atoms. The van der Waals surface area contributed by atoms with Gasteiger partial charge < -0.3 is 14.2 Å². The molecule has 0 fully saturated rings. The summed E-state index contributed by atoms with van der Waals surface area (Å²) in [5.74, 6) is -1.51. The van der Waals surface area contributed by atoms with Crippen molar-refractivity contribution in [2.24, 2.45) is 0 Å². The molecule has 0 radical (unpaired) electrons. The predicted molar refractivity (Wildman–Crippen MR) is 55.7 cm³/mol. The highest BCUT2D eigenvalue weighted by molar-refractivity contribution is 5.94. The molecule has 0 aliphatic carbocycles. The number of alkyl halides is 2. The Bertz CT molecular complexity index is 497. The molecule has 0 aliphatic heterocycles. The molecule has 18 heavy (non-hydrogen) atoms. The normalized spacial score (nSPS) is 9.78. The number of carbonyl (C=O) groups excluding carboxylic acids is 1. The first-order valence-corrected chi connectivity index (χ1v) is 4.68. The van der Waals surface area contributed by atoms with Gasteiger partial charge in [-0.15, -0.1) is 0 Å². The zero-order chi connectivity index (χ0) is 13.7. The molecule has 1 rings (SSSR count). The monoisotopic (exact) mass is 257 g/mol. The molecule has 0 heterocycles. The number of esters is 1. The average molecular weight is 257 g/mol. The zero-order valence-corrected chi connectivity index (χ0v) is 9.57. The van der Waals surface area contributed by atoms with Crippen LogP contribution >= 0.6 is 0 Å². The summed E-state index contributed by atoms with van der Waals surface area (Å²) in [5, 5.41) is 8.76. The third kappa shape index (κ3) is 2.85. The molecule has 5 nitrogen and oxygen atoms in total. The minimum absolute atomic E-state index is 0.0638. The topological polar surface area (TPSA) is 68.6 Å². The summed E-state index contributed by atoms with van der Waals surface area (Å²) in [6.45, 7) is -3.13. The van der Waals surface area contributed by atoms with Gasteiger partial charge in [-0.2, -0.15) is 14.0 Å². The summed E-state index contributed by atoms with van der Waals surface area (Å²) < 4.78 is 38.0. The summed E-state index contributed by atoms with van der Waals surface area (Å²) in [7, 11) is 2.29. The third-order valence-corrected chi connectivity index (χ3v) is 2.02. The fourth-order valence-corrected chi connectivity index (χ4v) is 1.29. The van der Waals surface area contributed by atoms with Crippen LogP contribution in [0.15, 0.2) is 12.1 Å². The van der Waals surface area contributed by atoms with Gasteiger partial charge in [-0.3, -0.25) is 0 Å². The van der Waals surface area contributed by atoms with Crippen molar-refractivity contribution in [3.05, 3.63) is 23.3 Å². The van der Waals surface area contributed by atoms with Crippen molar-refractivity contribution in [3.63, 3.8) is 0 Å². The van der Waals surface area contributed by atoms with Crippen LogP contribution in [0.4, 0.5) is 8.78 Å². The second-order valence-corrected chi connectivity index (χ2v) is 3.04. The molecule has 0 aromatic heterocycles. The Morgan fingerprint density at radius 2 is 2.06 bits per heavy atom. The number of nitrogens with zero attached hydrogens (tertiary/aromatic N) is 1. The van der Waals surface area contributed by atoms with E-state index in [1.54, 1.807) is 6.07 Å². The molecule has 1 aromatic carbocycles. The number of rotatable bonds is 4. The molecule has 0 N–H and O–H groups in total. The highest BCUT2D eigenvalue weighted by atomic mass is 19.3. The van der Waals surface area contributed by atoms with Crippen molar-refractivity contribution < 1.29 is 27.8 Å². The van der Waals surface area contributed by atoms with Crippen LogP contribution in [-0.2, 0) is 4.74 Å². The maximum Gasteiger partial charge on any atom is 0.387 e. The fraction of sp³-hybridized carbons (Fsp3) is 0.273.